The molecule has 0 aliphatic heterocycles. The highest BCUT2D eigenvalue weighted by atomic mass is 79.9. The largest absolute Gasteiger partial charge is 0.359 e. The highest BCUT2D eigenvalue weighted by Gasteiger charge is 1.97. The second kappa shape index (κ2) is 2.05. The molecule has 0 radical (unpaired) electrons. The van der Waals surface area contributed by atoms with Gasteiger partial charge in [-0.1, -0.05) is 0 Å². The van der Waals surface area contributed by atoms with Gasteiger partial charge in [-0.25, -0.2) is 0 Å². The van der Waals surface area contributed by atoms with Crippen molar-refractivity contribution in [2.45, 2.75) is 0 Å². The molecule has 0 aliphatic carbocycles. The van der Waals surface area contributed by atoms with Crippen molar-refractivity contribution >= 4 is 26.8 Å². The molecule has 10 heavy (non-hydrogen) atoms. The van der Waals surface area contributed by atoms with Crippen LogP contribution in [0.25, 0.3) is 10.9 Å². The van der Waals surface area contributed by atoms with Gasteiger partial charge in [-0.15, -0.1) is 0 Å². The predicted molar refractivity (Wildman–Crippen MR) is 41.6 cm³/mol. The Morgan fingerprint density at radius 2 is 2.10 bits per heavy atom. The molecule has 3 nitrogen and oxygen atoms in total. The van der Waals surface area contributed by atoms with Crippen LogP contribution in [0.3, 0.4) is 0 Å². The Morgan fingerprint density at radius 3 is 2.90 bits per heavy atom. The van der Waals surface area contributed by atoms with Crippen molar-refractivity contribution in [2.24, 2.45) is 0 Å². The lowest BCUT2D eigenvalue weighted by Crippen LogP contribution is -1.76. The average Bonchev–Trinajstić information content (AvgIpc) is 2.34. The number of nitrogens with zero attached hydrogens (tertiary/aromatic N) is 2. The minimum atomic E-state index is 1.00. The van der Waals surface area contributed by atoms with Gasteiger partial charge >= 0.3 is 0 Å². The summed E-state index contributed by atoms with van der Waals surface area (Å²) in [5, 5.41) is 8.53. The van der Waals surface area contributed by atoms with Gasteiger partial charge in [0.05, 0.1) is 17.9 Å². The van der Waals surface area contributed by atoms with Crippen molar-refractivity contribution in [2.75, 3.05) is 0 Å². The fourth-order valence-corrected chi connectivity index (χ4v) is 1.28. The van der Waals surface area contributed by atoms with Crippen molar-refractivity contribution < 1.29 is 0 Å². The van der Waals surface area contributed by atoms with Gasteiger partial charge in [-0.2, -0.15) is 10.2 Å². The summed E-state index contributed by atoms with van der Waals surface area (Å²) >= 11 is 3.37. The zero-order valence-electron chi connectivity index (χ0n) is 5.00. The Kier molecular flexibility index (Phi) is 1.20. The molecule has 0 amide bonds. The van der Waals surface area contributed by atoms with Crippen molar-refractivity contribution in [3.05, 3.63) is 23.1 Å². The Balaban J connectivity index is 2.93. The summed E-state index contributed by atoms with van der Waals surface area (Å²) in [7, 11) is 0. The average molecular weight is 198 g/mol. The number of nitrogens with one attached hydrogen (secondary N) is 1. The molecule has 0 saturated heterocycles. The molecule has 0 bridgehead atoms. The molecular formula is C6H4BrN3. The fraction of sp³-hybridized carbons (Fsp3) is 0. The van der Waals surface area contributed by atoms with Gasteiger partial charge in [-0.3, -0.25) is 0 Å². The van der Waals surface area contributed by atoms with Gasteiger partial charge in [-0.05, 0) is 15.9 Å². The SMILES string of the molecule is Brc1c[nH]c2cnncc12. The molecule has 0 atom stereocenters. The first kappa shape index (κ1) is 5.85. The zero-order chi connectivity index (χ0) is 6.97. The molecule has 0 saturated carbocycles. The van der Waals surface area contributed by atoms with Gasteiger partial charge in [0.2, 0.25) is 0 Å². The van der Waals surface area contributed by atoms with Crippen LogP contribution < -0.4 is 0 Å². The third kappa shape index (κ3) is 0.724. The standard InChI is InChI=1S/C6H4BrN3/c7-5-2-8-6-3-10-9-1-4(5)6/h1-3,8H. The number of H-pyrrole nitrogens is 1. The Morgan fingerprint density at radius 1 is 1.30 bits per heavy atom. The van der Waals surface area contributed by atoms with Crippen molar-refractivity contribution in [1.29, 1.82) is 0 Å². The second-order valence-corrected chi connectivity index (χ2v) is 2.81. The molecule has 0 unspecified atom stereocenters. The highest BCUT2D eigenvalue weighted by molar-refractivity contribution is 9.10. The number of aromatic nitrogens is 3. The van der Waals surface area contributed by atoms with E-state index in [1.807, 2.05) is 6.20 Å². The quantitative estimate of drug-likeness (QED) is 0.700. The molecule has 0 aliphatic rings. The molecular weight excluding hydrogens is 194 g/mol. The minimum Gasteiger partial charge on any atom is -0.359 e. The van der Waals surface area contributed by atoms with Crippen molar-refractivity contribution in [3.63, 3.8) is 0 Å². The lowest BCUT2D eigenvalue weighted by Gasteiger charge is -1.84. The lowest BCUT2D eigenvalue weighted by molar-refractivity contribution is 1.05. The van der Waals surface area contributed by atoms with E-state index in [1.165, 1.54) is 0 Å². The number of aromatic amines is 1. The highest BCUT2D eigenvalue weighted by Crippen LogP contribution is 2.20. The third-order valence-corrected chi connectivity index (χ3v) is 2.00. The van der Waals surface area contributed by atoms with E-state index in [2.05, 4.69) is 31.1 Å². The summed E-state index contributed by atoms with van der Waals surface area (Å²) in [5.74, 6) is 0. The number of fused-ring (bicyclic) bond motifs is 1. The maximum Gasteiger partial charge on any atom is 0.0737 e. The summed E-state index contributed by atoms with van der Waals surface area (Å²) in [6.45, 7) is 0. The summed E-state index contributed by atoms with van der Waals surface area (Å²) in [4.78, 5) is 3.04. The molecule has 50 valence electrons. The smallest absolute Gasteiger partial charge is 0.0737 e. The topological polar surface area (TPSA) is 41.6 Å². The molecule has 2 heterocycles. The van der Waals surface area contributed by atoms with Crippen LogP contribution in [0.2, 0.25) is 0 Å². The van der Waals surface area contributed by atoms with Crippen LogP contribution in [0.5, 0.6) is 0 Å². The fourth-order valence-electron chi connectivity index (χ4n) is 0.845. The van der Waals surface area contributed by atoms with Gasteiger partial charge in [0.25, 0.3) is 0 Å². The van der Waals surface area contributed by atoms with Crippen LogP contribution in [-0.2, 0) is 0 Å². The van der Waals surface area contributed by atoms with E-state index in [-0.39, 0.29) is 0 Å². The van der Waals surface area contributed by atoms with Crippen LogP contribution >= 0.6 is 15.9 Å². The number of halogens is 1. The van der Waals surface area contributed by atoms with Crippen LogP contribution in [0, 0.1) is 0 Å². The number of rotatable bonds is 0. The van der Waals surface area contributed by atoms with E-state index < -0.39 is 0 Å². The Bertz CT molecular complexity index is 355. The van der Waals surface area contributed by atoms with Crippen LogP contribution in [0.1, 0.15) is 0 Å². The van der Waals surface area contributed by atoms with E-state index in [9.17, 15) is 0 Å². The normalized spacial score (nSPS) is 10.5. The molecule has 2 rings (SSSR count). The van der Waals surface area contributed by atoms with Crippen molar-refractivity contribution in [1.82, 2.24) is 15.2 Å². The monoisotopic (exact) mass is 197 g/mol. The van der Waals surface area contributed by atoms with E-state index in [0.29, 0.717) is 0 Å². The first-order chi connectivity index (χ1) is 4.88. The first-order valence-electron chi connectivity index (χ1n) is 2.81. The van der Waals surface area contributed by atoms with Gasteiger partial charge in [0, 0.05) is 16.1 Å². The molecule has 2 aromatic rings. The Labute approximate surface area is 65.6 Å². The molecule has 0 aromatic carbocycles. The van der Waals surface area contributed by atoms with E-state index in [1.54, 1.807) is 12.4 Å². The summed E-state index contributed by atoms with van der Waals surface area (Å²) in [5.41, 5.74) is 1.00. The molecule has 0 fully saturated rings. The maximum atomic E-state index is 3.75. The van der Waals surface area contributed by atoms with E-state index in [4.69, 9.17) is 0 Å². The predicted octanol–water partition coefficient (Wildman–Crippen LogP) is 1.72. The third-order valence-electron chi connectivity index (χ3n) is 1.34. The second-order valence-electron chi connectivity index (χ2n) is 1.95. The maximum absolute atomic E-state index is 3.75. The summed E-state index contributed by atoms with van der Waals surface area (Å²) in [6, 6.07) is 0. The molecule has 4 heteroatoms. The summed E-state index contributed by atoms with van der Waals surface area (Å²) < 4.78 is 1.03. The minimum absolute atomic E-state index is 1.00. The van der Waals surface area contributed by atoms with E-state index in [0.717, 1.165) is 15.4 Å². The van der Waals surface area contributed by atoms with Crippen LogP contribution in [0.4, 0.5) is 0 Å². The summed E-state index contributed by atoms with van der Waals surface area (Å²) in [6.07, 6.45) is 5.28. The number of hydrogen-bond donors (Lipinski definition) is 1. The van der Waals surface area contributed by atoms with Crippen molar-refractivity contribution in [3.8, 4) is 0 Å². The molecule has 0 spiro atoms. The van der Waals surface area contributed by atoms with Crippen LogP contribution in [-0.4, -0.2) is 15.2 Å². The molecule has 2 aromatic heterocycles. The zero-order valence-corrected chi connectivity index (χ0v) is 6.59. The van der Waals surface area contributed by atoms with Gasteiger partial charge in [0.1, 0.15) is 0 Å². The van der Waals surface area contributed by atoms with Gasteiger partial charge < -0.3 is 4.98 Å². The Hall–Kier alpha value is -0.900. The van der Waals surface area contributed by atoms with Gasteiger partial charge in [0.15, 0.2) is 0 Å². The molecule has 1 N–H and O–H groups in total. The lowest BCUT2D eigenvalue weighted by atomic mass is 10.4. The number of hydrogen-bond acceptors (Lipinski definition) is 2. The first-order valence-corrected chi connectivity index (χ1v) is 3.60. The van der Waals surface area contributed by atoms with Crippen LogP contribution in [0.15, 0.2) is 23.1 Å². The van der Waals surface area contributed by atoms with E-state index >= 15 is 0 Å².